The van der Waals surface area contributed by atoms with Crippen molar-refractivity contribution in [1.29, 1.82) is 0 Å². The first-order chi connectivity index (χ1) is 8.93. The van der Waals surface area contributed by atoms with Gasteiger partial charge in [0.25, 0.3) is 0 Å². The van der Waals surface area contributed by atoms with Crippen molar-refractivity contribution in [1.82, 2.24) is 10.3 Å². The highest BCUT2D eigenvalue weighted by Crippen LogP contribution is 2.26. The van der Waals surface area contributed by atoms with Crippen molar-refractivity contribution >= 4 is 17.3 Å². The Morgan fingerprint density at radius 3 is 2.79 bits per heavy atom. The van der Waals surface area contributed by atoms with Crippen LogP contribution in [0.25, 0.3) is 0 Å². The van der Waals surface area contributed by atoms with E-state index in [1.165, 1.54) is 5.01 Å². The van der Waals surface area contributed by atoms with Crippen molar-refractivity contribution < 1.29 is 9.90 Å². The van der Waals surface area contributed by atoms with Gasteiger partial charge in [0, 0.05) is 18.3 Å². The Morgan fingerprint density at radius 2 is 2.21 bits per heavy atom. The summed E-state index contributed by atoms with van der Waals surface area (Å²) in [4.78, 5) is 15.1. The van der Waals surface area contributed by atoms with Crippen LogP contribution < -0.4 is 5.32 Å². The maximum Gasteiger partial charge on any atom is 0.303 e. The lowest BCUT2D eigenvalue weighted by Gasteiger charge is -2.23. The average molecular weight is 284 g/mol. The van der Waals surface area contributed by atoms with Crippen molar-refractivity contribution in [3.63, 3.8) is 0 Å². The molecule has 0 aliphatic carbocycles. The second kappa shape index (κ2) is 7.60. The molecule has 1 aromatic heterocycles. The molecule has 0 amide bonds. The van der Waals surface area contributed by atoms with E-state index in [1.54, 1.807) is 11.3 Å². The molecule has 0 saturated heterocycles. The lowest BCUT2D eigenvalue weighted by Crippen LogP contribution is -2.23. The van der Waals surface area contributed by atoms with E-state index >= 15 is 0 Å². The van der Waals surface area contributed by atoms with Gasteiger partial charge in [0.1, 0.15) is 0 Å². The molecular formula is C14H24N2O2S. The number of hydrogen-bond donors (Lipinski definition) is 2. The van der Waals surface area contributed by atoms with E-state index in [0.29, 0.717) is 0 Å². The van der Waals surface area contributed by atoms with Crippen molar-refractivity contribution in [2.75, 3.05) is 6.54 Å². The number of nitrogens with zero attached hydrogens (tertiary/aromatic N) is 1. The Morgan fingerprint density at radius 1 is 1.47 bits per heavy atom. The highest BCUT2D eigenvalue weighted by atomic mass is 32.1. The monoisotopic (exact) mass is 284 g/mol. The number of thiazole rings is 1. The van der Waals surface area contributed by atoms with Crippen molar-refractivity contribution in [2.45, 2.75) is 53.0 Å². The number of carbonyl (C=O) groups is 1. The molecule has 1 aromatic rings. The van der Waals surface area contributed by atoms with Gasteiger partial charge in [-0.3, -0.25) is 4.79 Å². The molecule has 0 spiro atoms. The van der Waals surface area contributed by atoms with Crippen LogP contribution >= 0.6 is 11.3 Å². The highest BCUT2D eigenvalue weighted by molar-refractivity contribution is 7.09. The van der Waals surface area contributed by atoms with Gasteiger partial charge in [0.05, 0.1) is 10.7 Å². The second-order valence-corrected chi connectivity index (χ2v) is 6.51. The fraction of sp³-hybridized carbons (Fsp3) is 0.714. The Kier molecular flexibility index (Phi) is 6.45. The van der Waals surface area contributed by atoms with Crippen LogP contribution in [0.15, 0.2) is 5.38 Å². The van der Waals surface area contributed by atoms with Crippen LogP contribution in [-0.2, 0) is 17.8 Å². The van der Waals surface area contributed by atoms with Crippen molar-refractivity contribution in [2.24, 2.45) is 5.41 Å². The van der Waals surface area contributed by atoms with Gasteiger partial charge in [-0.25, -0.2) is 4.98 Å². The standard InChI is InChI=1S/C14H24N2O2S/c1-4-12-16-11(10-19-12)9-15-8-7-14(2,3)6-5-13(17)18/h10,15H,4-9H2,1-3H3,(H,17,18). The van der Waals surface area contributed by atoms with E-state index in [1.807, 2.05) is 0 Å². The number of rotatable bonds is 9. The van der Waals surface area contributed by atoms with Crippen molar-refractivity contribution in [3.05, 3.63) is 16.1 Å². The summed E-state index contributed by atoms with van der Waals surface area (Å²) in [5, 5.41) is 15.4. The third kappa shape index (κ3) is 6.68. The normalized spacial score (nSPS) is 11.7. The molecule has 0 saturated carbocycles. The minimum absolute atomic E-state index is 0.0715. The molecule has 4 nitrogen and oxygen atoms in total. The van der Waals surface area contributed by atoms with E-state index in [9.17, 15) is 4.79 Å². The summed E-state index contributed by atoms with van der Waals surface area (Å²) in [6.45, 7) is 8.05. The average Bonchev–Trinajstić information content (AvgIpc) is 2.80. The highest BCUT2D eigenvalue weighted by Gasteiger charge is 2.18. The van der Waals surface area contributed by atoms with Crippen LogP contribution in [0.5, 0.6) is 0 Å². The Labute approximate surface area is 119 Å². The van der Waals surface area contributed by atoms with Crippen LogP contribution in [0.3, 0.4) is 0 Å². The van der Waals surface area contributed by atoms with E-state index in [-0.39, 0.29) is 11.8 Å². The van der Waals surface area contributed by atoms with Gasteiger partial charge in [-0.1, -0.05) is 20.8 Å². The molecule has 1 heterocycles. The first-order valence-electron chi connectivity index (χ1n) is 6.79. The first kappa shape index (κ1) is 16.1. The summed E-state index contributed by atoms with van der Waals surface area (Å²) >= 11 is 1.71. The largest absolute Gasteiger partial charge is 0.481 e. The molecule has 1 rings (SSSR count). The molecule has 0 aliphatic heterocycles. The van der Waals surface area contributed by atoms with Gasteiger partial charge in [0.15, 0.2) is 0 Å². The van der Waals surface area contributed by atoms with E-state index in [2.05, 4.69) is 36.5 Å². The number of hydrogen-bond acceptors (Lipinski definition) is 4. The quantitative estimate of drug-likeness (QED) is 0.684. The number of aromatic nitrogens is 1. The molecule has 0 bridgehead atoms. The third-order valence-electron chi connectivity index (χ3n) is 3.20. The zero-order valence-electron chi connectivity index (χ0n) is 12.0. The van der Waals surface area contributed by atoms with E-state index in [0.717, 1.165) is 38.0 Å². The smallest absolute Gasteiger partial charge is 0.303 e. The molecule has 108 valence electrons. The molecule has 0 radical (unpaired) electrons. The Balaban J connectivity index is 2.20. The summed E-state index contributed by atoms with van der Waals surface area (Å²) in [6.07, 6.45) is 2.94. The number of aryl methyl sites for hydroxylation is 1. The molecule has 2 N–H and O–H groups in total. The predicted molar refractivity (Wildman–Crippen MR) is 78.5 cm³/mol. The minimum atomic E-state index is -0.712. The Hall–Kier alpha value is -0.940. The van der Waals surface area contributed by atoms with Gasteiger partial charge in [0.2, 0.25) is 0 Å². The van der Waals surface area contributed by atoms with E-state index in [4.69, 9.17) is 5.11 Å². The number of carboxylic acid groups (broad SMARTS) is 1. The molecule has 0 atom stereocenters. The fourth-order valence-electron chi connectivity index (χ4n) is 1.81. The van der Waals surface area contributed by atoms with Crippen LogP contribution in [0.1, 0.15) is 50.7 Å². The zero-order chi connectivity index (χ0) is 14.3. The molecule has 19 heavy (non-hydrogen) atoms. The summed E-state index contributed by atoms with van der Waals surface area (Å²) in [6, 6.07) is 0. The summed E-state index contributed by atoms with van der Waals surface area (Å²) in [5.41, 5.74) is 1.17. The van der Waals surface area contributed by atoms with Gasteiger partial charge in [-0.05, 0) is 31.2 Å². The van der Waals surface area contributed by atoms with Crippen LogP contribution in [0, 0.1) is 5.41 Å². The maximum absolute atomic E-state index is 10.6. The lowest BCUT2D eigenvalue weighted by atomic mass is 9.84. The van der Waals surface area contributed by atoms with Gasteiger partial charge < -0.3 is 10.4 Å². The zero-order valence-corrected chi connectivity index (χ0v) is 12.8. The number of aliphatic carboxylic acids is 1. The molecule has 0 fully saturated rings. The second-order valence-electron chi connectivity index (χ2n) is 5.57. The minimum Gasteiger partial charge on any atom is -0.481 e. The number of nitrogens with one attached hydrogen (secondary N) is 1. The lowest BCUT2D eigenvalue weighted by molar-refractivity contribution is -0.137. The van der Waals surface area contributed by atoms with Gasteiger partial charge in [-0.2, -0.15) is 0 Å². The summed E-state index contributed by atoms with van der Waals surface area (Å²) in [7, 11) is 0. The van der Waals surface area contributed by atoms with Crippen LogP contribution in [0.2, 0.25) is 0 Å². The molecule has 0 aliphatic rings. The molecule has 0 unspecified atom stereocenters. The third-order valence-corrected chi connectivity index (χ3v) is 4.24. The van der Waals surface area contributed by atoms with Gasteiger partial charge in [-0.15, -0.1) is 11.3 Å². The number of carboxylic acids is 1. The Bertz CT molecular complexity index is 402. The summed E-state index contributed by atoms with van der Waals surface area (Å²) < 4.78 is 0. The molecular weight excluding hydrogens is 260 g/mol. The molecule has 5 heteroatoms. The summed E-state index contributed by atoms with van der Waals surface area (Å²) in [5.74, 6) is -0.712. The molecule has 0 aromatic carbocycles. The van der Waals surface area contributed by atoms with Crippen LogP contribution in [0.4, 0.5) is 0 Å². The first-order valence-corrected chi connectivity index (χ1v) is 7.67. The van der Waals surface area contributed by atoms with Crippen LogP contribution in [-0.4, -0.2) is 22.6 Å². The topological polar surface area (TPSA) is 62.2 Å². The van der Waals surface area contributed by atoms with Crippen molar-refractivity contribution in [3.8, 4) is 0 Å². The fourth-order valence-corrected chi connectivity index (χ4v) is 2.55. The SMILES string of the molecule is CCc1nc(CNCCC(C)(C)CCC(=O)O)cs1. The maximum atomic E-state index is 10.6. The van der Waals surface area contributed by atoms with E-state index < -0.39 is 5.97 Å². The van der Waals surface area contributed by atoms with Gasteiger partial charge >= 0.3 is 5.97 Å². The predicted octanol–water partition coefficient (Wildman–Crippen LogP) is 3.08.